The Balaban J connectivity index is 2.80. The van der Waals surface area contributed by atoms with Crippen LogP contribution in [0, 0.1) is 6.92 Å². The summed E-state index contributed by atoms with van der Waals surface area (Å²) >= 11 is 0. The summed E-state index contributed by atoms with van der Waals surface area (Å²) in [6, 6.07) is 0.179. The maximum absolute atomic E-state index is 9.67. The standard InChI is InChI=1S/C12H23N3O/c1-8(14-12(4,5)10(3)16)11-7-13-15(6)9(11)2/h7-8,10,14,16H,1-6H3. The van der Waals surface area contributed by atoms with Crippen LogP contribution in [0.4, 0.5) is 0 Å². The monoisotopic (exact) mass is 225 g/mol. The SMILES string of the molecule is Cc1c(C(C)NC(C)(C)C(C)O)cnn1C. The zero-order valence-electron chi connectivity index (χ0n) is 11.1. The number of nitrogens with zero attached hydrogens (tertiary/aromatic N) is 2. The van der Waals surface area contributed by atoms with Gasteiger partial charge in [-0.1, -0.05) is 0 Å². The number of aliphatic hydroxyl groups excluding tert-OH is 1. The van der Waals surface area contributed by atoms with Crippen LogP contribution in [0.1, 0.15) is 45.0 Å². The van der Waals surface area contributed by atoms with Gasteiger partial charge in [0.05, 0.1) is 12.3 Å². The first-order valence-electron chi connectivity index (χ1n) is 5.70. The number of rotatable bonds is 4. The fourth-order valence-corrected chi connectivity index (χ4v) is 1.70. The zero-order valence-corrected chi connectivity index (χ0v) is 11.1. The highest BCUT2D eigenvalue weighted by Gasteiger charge is 2.26. The predicted molar refractivity (Wildman–Crippen MR) is 65.3 cm³/mol. The molecule has 4 heteroatoms. The number of hydrogen-bond acceptors (Lipinski definition) is 3. The minimum Gasteiger partial charge on any atom is -0.392 e. The fourth-order valence-electron chi connectivity index (χ4n) is 1.70. The van der Waals surface area contributed by atoms with Gasteiger partial charge >= 0.3 is 0 Å². The van der Waals surface area contributed by atoms with E-state index in [-0.39, 0.29) is 11.6 Å². The maximum Gasteiger partial charge on any atom is 0.0688 e. The minimum atomic E-state index is -0.396. The largest absolute Gasteiger partial charge is 0.392 e. The average molecular weight is 225 g/mol. The van der Waals surface area contributed by atoms with Crippen LogP contribution in [0.25, 0.3) is 0 Å². The van der Waals surface area contributed by atoms with Gasteiger partial charge < -0.3 is 10.4 Å². The van der Waals surface area contributed by atoms with E-state index >= 15 is 0 Å². The summed E-state index contributed by atoms with van der Waals surface area (Å²) in [5, 5.41) is 17.3. The van der Waals surface area contributed by atoms with Crippen molar-refractivity contribution in [3.05, 3.63) is 17.5 Å². The molecule has 1 rings (SSSR count). The van der Waals surface area contributed by atoms with E-state index in [4.69, 9.17) is 0 Å². The topological polar surface area (TPSA) is 50.1 Å². The van der Waals surface area contributed by atoms with Crippen molar-refractivity contribution in [2.75, 3.05) is 0 Å². The van der Waals surface area contributed by atoms with Crippen LogP contribution >= 0.6 is 0 Å². The van der Waals surface area contributed by atoms with Crippen LogP contribution in [0.3, 0.4) is 0 Å². The highest BCUT2D eigenvalue weighted by atomic mass is 16.3. The molecule has 0 aliphatic rings. The van der Waals surface area contributed by atoms with E-state index < -0.39 is 6.10 Å². The van der Waals surface area contributed by atoms with Gasteiger partial charge in [0.15, 0.2) is 0 Å². The van der Waals surface area contributed by atoms with Gasteiger partial charge in [0, 0.05) is 29.9 Å². The predicted octanol–water partition coefficient (Wildman–Crippen LogP) is 1.54. The van der Waals surface area contributed by atoms with Crippen LogP contribution in [-0.2, 0) is 7.05 Å². The molecule has 2 atom stereocenters. The highest BCUT2D eigenvalue weighted by Crippen LogP contribution is 2.20. The van der Waals surface area contributed by atoms with Gasteiger partial charge in [0.25, 0.3) is 0 Å². The number of aromatic nitrogens is 2. The van der Waals surface area contributed by atoms with E-state index in [1.807, 2.05) is 31.8 Å². The second kappa shape index (κ2) is 4.55. The Morgan fingerprint density at radius 3 is 2.38 bits per heavy atom. The molecule has 0 radical (unpaired) electrons. The molecule has 2 unspecified atom stereocenters. The van der Waals surface area contributed by atoms with Crippen molar-refractivity contribution in [3.63, 3.8) is 0 Å². The van der Waals surface area contributed by atoms with Gasteiger partial charge in [-0.25, -0.2) is 0 Å². The Hall–Kier alpha value is -0.870. The summed E-state index contributed by atoms with van der Waals surface area (Å²) in [6.07, 6.45) is 1.48. The quantitative estimate of drug-likeness (QED) is 0.817. The van der Waals surface area contributed by atoms with Gasteiger partial charge in [-0.3, -0.25) is 4.68 Å². The Bertz CT molecular complexity index is 355. The molecule has 0 spiro atoms. The second-order valence-electron chi connectivity index (χ2n) is 5.07. The third kappa shape index (κ3) is 2.62. The van der Waals surface area contributed by atoms with Crippen molar-refractivity contribution in [2.45, 2.75) is 52.3 Å². The first-order valence-corrected chi connectivity index (χ1v) is 5.70. The summed E-state index contributed by atoms with van der Waals surface area (Å²) in [7, 11) is 1.94. The van der Waals surface area contributed by atoms with Crippen LogP contribution in [0.5, 0.6) is 0 Å². The number of aliphatic hydroxyl groups is 1. The van der Waals surface area contributed by atoms with Gasteiger partial charge in [-0.15, -0.1) is 0 Å². The third-order valence-corrected chi connectivity index (χ3v) is 3.37. The highest BCUT2D eigenvalue weighted by molar-refractivity contribution is 5.20. The summed E-state index contributed by atoms with van der Waals surface area (Å²) in [6.45, 7) is 9.94. The van der Waals surface area contributed by atoms with Crippen molar-refractivity contribution in [1.29, 1.82) is 0 Å². The van der Waals surface area contributed by atoms with Crippen molar-refractivity contribution in [3.8, 4) is 0 Å². The van der Waals surface area contributed by atoms with E-state index in [0.717, 1.165) is 5.69 Å². The van der Waals surface area contributed by atoms with Crippen molar-refractivity contribution < 1.29 is 5.11 Å². The summed E-state index contributed by atoms with van der Waals surface area (Å²) in [5.74, 6) is 0. The summed E-state index contributed by atoms with van der Waals surface area (Å²) in [5.41, 5.74) is 2.03. The molecule has 0 aliphatic heterocycles. The fraction of sp³-hybridized carbons (Fsp3) is 0.750. The lowest BCUT2D eigenvalue weighted by atomic mass is 9.96. The van der Waals surface area contributed by atoms with Gasteiger partial charge in [-0.05, 0) is 34.6 Å². The zero-order chi connectivity index (χ0) is 12.5. The van der Waals surface area contributed by atoms with E-state index in [2.05, 4.69) is 24.3 Å². The van der Waals surface area contributed by atoms with E-state index in [0.29, 0.717) is 0 Å². The first-order chi connectivity index (χ1) is 7.25. The van der Waals surface area contributed by atoms with Crippen molar-refractivity contribution >= 4 is 0 Å². The molecule has 0 saturated heterocycles. The number of aryl methyl sites for hydroxylation is 1. The molecule has 4 nitrogen and oxygen atoms in total. The molecule has 1 aromatic rings. The van der Waals surface area contributed by atoms with Crippen molar-refractivity contribution in [1.82, 2.24) is 15.1 Å². The normalized spacial score (nSPS) is 16.2. The second-order valence-corrected chi connectivity index (χ2v) is 5.07. The lowest BCUT2D eigenvalue weighted by molar-refractivity contribution is 0.0894. The lowest BCUT2D eigenvalue weighted by Gasteiger charge is -2.33. The number of hydrogen-bond donors (Lipinski definition) is 2. The Kier molecular flexibility index (Phi) is 3.76. The molecule has 0 amide bonds. The molecule has 92 valence electrons. The molecule has 1 aromatic heterocycles. The third-order valence-electron chi connectivity index (χ3n) is 3.37. The summed E-state index contributed by atoms with van der Waals surface area (Å²) < 4.78 is 1.86. The molecule has 0 aliphatic carbocycles. The van der Waals surface area contributed by atoms with E-state index in [1.54, 1.807) is 6.92 Å². The van der Waals surface area contributed by atoms with E-state index in [9.17, 15) is 5.11 Å². The molecule has 2 N–H and O–H groups in total. The smallest absolute Gasteiger partial charge is 0.0688 e. The van der Waals surface area contributed by atoms with Gasteiger partial charge in [-0.2, -0.15) is 5.10 Å². The molecule has 16 heavy (non-hydrogen) atoms. The minimum absolute atomic E-state index is 0.179. The molecular weight excluding hydrogens is 202 g/mol. The average Bonchev–Trinajstić information content (AvgIpc) is 2.46. The molecule has 0 fully saturated rings. The Morgan fingerprint density at radius 1 is 1.44 bits per heavy atom. The maximum atomic E-state index is 9.67. The van der Waals surface area contributed by atoms with Gasteiger partial charge in [0.1, 0.15) is 0 Å². The van der Waals surface area contributed by atoms with Crippen molar-refractivity contribution in [2.24, 2.45) is 7.05 Å². The van der Waals surface area contributed by atoms with E-state index in [1.165, 1.54) is 5.56 Å². The molecule has 0 saturated carbocycles. The van der Waals surface area contributed by atoms with Crippen LogP contribution < -0.4 is 5.32 Å². The van der Waals surface area contributed by atoms with Gasteiger partial charge in [0.2, 0.25) is 0 Å². The Labute approximate surface area is 97.7 Å². The summed E-state index contributed by atoms with van der Waals surface area (Å²) in [4.78, 5) is 0. The number of nitrogens with one attached hydrogen (secondary N) is 1. The Morgan fingerprint density at radius 2 is 2.00 bits per heavy atom. The molecular formula is C12H23N3O. The first kappa shape index (κ1) is 13.2. The molecule has 0 aromatic carbocycles. The van der Waals surface area contributed by atoms with Crippen LogP contribution in [0.15, 0.2) is 6.20 Å². The van der Waals surface area contributed by atoms with Crippen LogP contribution in [0.2, 0.25) is 0 Å². The lowest BCUT2D eigenvalue weighted by Crippen LogP contribution is -2.49. The molecule has 0 bridgehead atoms. The molecule has 1 heterocycles. The van der Waals surface area contributed by atoms with Crippen LogP contribution in [-0.4, -0.2) is 26.5 Å².